The summed E-state index contributed by atoms with van der Waals surface area (Å²) in [7, 11) is 1.61. The summed E-state index contributed by atoms with van der Waals surface area (Å²) in [6, 6.07) is 5.54. The summed E-state index contributed by atoms with van der Waals surface area (Å²) in [5.74, 6) is 0.939. The maximum atomic E-state index is 11.9. The van der Waals surface area contributed by atoms with Crippen molar-refractivity contribution in [3.05, 3.63) is 18.2 Å². The lowest BCUT2D eigenvalue weighted by Crippen LogP contribution is -2.34. The first kappa shape index (κ1) is 14.8. The Morgan fingerprint density at radius 2 is 2.23 bits per heavy atom. The average Bonchev–Trinajstić information content (AvgIpc) is 3.09. The molecule has 2 aromatic rings. The number of amides is 2. The standard InChI is InChI=1S/C15H17N3O3S/c1-8-5-10(8)14(20)16-7-13(19)18-15-17-11-4-3-9(21-2)6-12(11)22-15/h3-4,6,8,10H,5,7H2,1-2H3,(H,16,20)(H,17,18,19)/t8-,10-/m0/s1. The second kappa shape index (κ2) is 5.92. The quantitative estimate of drug-likeness (QED) is 0.883. The van der Waals surface area contributed by atoms with Crippen LogP contribution in [0.3, 0.4) is 0 Å². The summed E-state index contributed by atoms with van der Waals surface area (Å²) in [6.45, 7) is 2.00. The molecule has 0 bridgehead atoms. The molecule has 6 nitrogen and oxygen atoms in total. The highest BCUT2D eigenvalue weighted by Crippen LogP contribution is 2.37. The van der Waals surface area contributed by atoms with Gasteiger partial charge in [-0.05, 0) is 30.5 Å². The van der Waals surface area contributed by atoms with Gasteiger partial charge in [-0.2, -0.15) is 0 Å². The van der Waals surface area contributed by atoms with Gasteiger partial charge in [0.15, 0.2) is 5.13 Å². The van der Waals surface area contributed by atoms with Gasteiger partial charge in [0, 0.05) is 5.92 Å². The number of thiazole rings is 1. The molecule has 2 N–H and O–H groups in total. The molecule has 1 heterocycles. The predicted octanol–water partition coefficient (Wildman–Crippen LogP) is 2.02. The Morgan fingerprint density at radius 1 is 1.45 bits per heavy atom. The van der Waals surface area contributed by atoms with Gasteiger partial charge in [-0.15, -0.1) is 0 Å². The van der Waals surface area contributed by atoms with Crippen molar-refractivity contribution in [1.82, 2.24) is 10.3 Å². The minimum Gasteiger partial charge on any atom is -0.497 e. The molecule has 0 radical (unpaired) electrons. The number of nitrogens with zero attached hydrogens (tertiary/aromatic N) is 1. The molecule has 1 aliphatic carbocycles. The number of anilines is 1. The molecule has 2 atom stereocenters. The molecule has 0 unspecified atom stereocenters. The first-order valence-corrected chi connectivity index (χ1v) is 7.90. The van der Waals surface area contributed by atoms with E-state index in [-0.39, 0.29) is 24.3 Å². The first-order valence-electron chi connectivity index (χ1n) is 7.09. The summed E-state index contributed by atoms with van der Waals surface area (Å²) < 4.78 is 6.09. The molecule has 7 heteroatoms. The third kappa shape index (κ3) is 3.19. The Morgan fingerprint density at radius 3 is 2.91 bits per heavy atom. The van der Waals surface area contributed by atoms with Crippen LogP contribution in [-0.2, 0) is 9.59 Å². The third-order valence-electron chi connectivity index (χ3n) is 3.71. The number of carbonyl (C=O) groups is 2. The van der Waals surface area contributed by atoms with E-state index in [1.54, 1.807) is 7.11 Å². The second-order valence-corrected chi connectivity index (χ2v) is 6.47. The van der Waals surface area contributed by atoms with Crippen LogP contribution in [0.5, 0.6) is 5.75 Å². The minimum absolute atomic E-state index is 0.0265. The number of nitrogens with one attached hydrogen (secondary N) is 2. The van der Waals surface area contributed by atoms with E-state index in [2.05, 4.69) is 15.6 Å². The molecule has 1 aromatic carbocycles. The van der Waals surface area contributed by atoms with E-state index in [0.717, 1.165) is 22.4 Å². The maximum Gasteiger partial charge on any atom is 0.245 e. The fraction of sp³-hybridized carbons (Fsp3) is 0.400. The molecular weight excluding hydrogens is 302 g/mol. The Hall–Kier alpha value is -2.15. The molecule has 3 rings (SSSR count). The van der Waals surface area contributed by atoms with Gasteiger partial charge in [0.1, 0.15) is 5.75 Å². The summed E-state index contributed by atoms with van der Waals surface area (Å²) in [5.41, 5.74) is 0.803. The summed E-state index contributed by atoms with van der Waals surface area (Å²) in [5, 5.41) is 5.88. The summed E-state index contributed by atoms with van der Waals surface area (Å²) in [4.78, 5) is 27.9. The highest BCUT2D eigenvalue weighted by Gasteiger charge is 2.38. The van der Waals surface area contributed by atoms with E-state index in [1.165, 1.54) is 11.3 Å². The van der Waals surface area contributed by atoms with Crippen LogP contribution in [-0.4, -0.2) is 30.5 Å². The zero-order valence-electron chi connectivity index (χ0n) is 12.4. The molecule has 0 aliphatic heterocycles. The number of methoxy groups -OCH3 is 1. The van der Waals surface area contributed by atoms with Crippen LogP contribution in [0.15, 0.2) is 18.2 Å². The van der Waals surface area contributed by atoms with Crippen LogP contribution in [0.4, 0.5) is 5.13 Å². The van der Waals surface area contributed by atoms with E-state index in [4.69, 9.17) is 4.74 Å². The second-order valence-electron chi connectivity index (χ2n) is 5.44. The number of rotatable bonds is 5. The van der Waals surface area contributed by atoms with Crippen LogP contribution in [0.1, 0.15) is 13.3 Å². The van der Waals surface area contributed by atoms with Gasteiger partial charge in [0.05, 0.1) is 23.9 Å². The molecule has 1 fully saturated rings. The first-order chi connectivity index (χ1) is 10.6. The summed E-state index contributed by atoms with van der Waals surface area (Å²) >= 11 is 1.37. The fourth-order valence-electron chi connectivity index (χ4n) is 2.23. The number of benzene rings is 1. The van der Waals surface area contributed by atoms with Crippen LogP contribution < -0.4 is 15.4 Å². The largest absolute Gasteiger partial charge is 0.497 e. The van der Waals surface area contributed by atoms with Crippen molar-refractivity contribution in [3.63, 3.8) is 0 Å². The van der Waals surface area contributed by atoms with E-state index >= 15 is 0 Å². The van der Waals surface area contributed by atoms with Gasteiger partial charge in [-0.3, -0.25) is 9.59 Å². The van der Waals surface area contributed by atoms with Gasteiger partial charge < -0.3 is 15.4 Å². The molecule has 1 aliphatic rings. The molecule has 1 saturated carbocycles. The molecule has 0 saturated heterocycles. The Labute approximate surface area is 131 Å². The topological polar surface area (TPSA) is 80.3 Å². The zero-order chi connectivity index (χ0) is 15.7. The monoisotopic (exact) mass is 319 g/mol. The lowest BCUT2D eigenvalue weighted by molar-refractivity contribution is -0.125. The van der Waals surface area contributed by atoms with E-state index in [9.17, 15) is 9.59 Å². The van der Waals surface area contributed by atoms with Crippen molar-refractivity contribution in [2.24, 2.45) is 11.8 Å². The van der Waals surface area contributed by atoms with E-state index < -0.39 is 0 Å². The number of ether oxygens (including phenoxy) is 1. The third-order valence-corrected chi connectivity index (χ3v) is 4.64. The minimum atomic E-state index is -0.271. The van der Waals surface area contributed by atoms with Gasteiger partial charge in [-0.25, -0.2) is 4.98 Å². The number of hydrogen-bond donors (Lipinski definition) is 2. The average molecular weight is 319 g/mol. The smallest absolute Gasteiger partial charge is 0.245 e. The molecule has 1 aromatic heterocycles. The van der Waals surface area contributed by atoms with E-state index in [0.29, 0.717) is 11.0 Å². The highest BCUT2D eigenvalue weighted by molar-refractivity contribution is 7.22. The number of carbonyl (C=O) groups excluding carboxylic acids is 2. The SMILES string of the molecule is COc1ccc2nc(NC(=O)CNC(=O)[C@H]3C[C@@H]3C)sc2c1. The van der Waals surface area contributed by atoms with Crippen molar-refractivity contribution in [3.8, 4) is 5.75 Å². The van der Waals surface area contributed by atoms with E-state index in [1.807, 2.05) is 25.1 Å². The molecular formula is C15H17N3O3S. The normalized spacial score (nSPS) is 19.7. The van der Waals surface area contributed by atoms with Gasteiger partial charge in [0.2, 0.25) is 11.8 Å². The number of hydrogen-bond acceptors (Lipinski definition) is 5. The van der Waals surface area contributed by atoms with Crippen LogP contribution in [0.25, 0.3) is 10.2 Å². The van der Waals surface area contributed by atoms with Crippen LogP contribution in [0.2, 0.25) is 0 Å². The Kier molecular flexibility index (Phi) is 3.98. The predicted molar refractivity (Wildman–Crippen MR) is 85.1 cm³/mol. The van der Waals surface area contributed by atoms with Gasteiger partial charge in [-0.1, -0.05) is 18.3 Å². The maximum absolute atomic E-state index is 11.9. The van der Waals surface area contributed by atoms with Gasteiger partial charge in [0.25, 0.3) is 0 Å². The molecule has 0 spiro atoms. The number of fused-ring (bicyclic) bond motifs is 1. The lowest BCUT2D eigenvalue weighted by atomic mass is 10.3. The Bertz CT molecular complexity index is 728. The number of aromatic nitrogens is 1. The lowest BCUT2D eigenvalue weighted by Gasteiger charge is -2.03. The molecule has 22 heavy (non-hydrogen) atoms. The summed E-state index contributed by atoms with van der Waals surface area (Å²) in [6.07, 6.45) is 0.910. The van der Waals surface area contributed by atoms with Gasteiger partial charge >= 0.3 is 0 Å². The van der Waals surface area contributed by atoms with Crippen molar-refractivity contribution < 1.29 is 14.3 Å². The molecule has 116 valence electrons. The van der Waals surface area contributed by atoms with Crippen LogP contribution in [0, 0.1) is 11.8 Å². The van der Waals surface area contributed by atoms with Crippen molar-refractivity contribution >= 4 is 38.5 Å². The van der Waals surface area contributed by atoms with Crippen molar-refractivity contribution in [1.29, 1.82) is 0 Å². The van der Waals surface area contributed by atoms with Crippen LogP contribution >= 0.6 is 11.3 Å². The molecule has 2 amide bonds. The Balaban J connectivity index is 1.58. The van der Waals surface area contributed by atoms with Crippen molar-refractivity contribution in [2.45, 2.75) is 13.3 Å². The van der Waals surface area contributed by atoms with Crippen molar-refractivity contribution in [2.75, 3.05) is 19.0 Å². The zero-order valence-corrected chi connectivity index (χ0v) is 13.2. The highest BCUT2D eigenvalue weighted by atomic mass is 32.1. The fourth-order valence-corrected chi connectivity index (χ4v) is 3.15.